The monoisotopic (exact) mass is 338 g/mol. The summed E-state index contributed by atoms with van der Waals surface area (Å²) < 4.78 is 26.5. The minimum absolute atomic E-state index is 0.0869. The molecule has 1 amide bonds. The van der Waals surface area contributed by atoms with Gasteiger partial charge in [-0.15, -0.1) is 0 Å². The van der Waals surface area contributed by atoms with Gasteiger partial charge in [-0.1, -0.05) is 29.8 Å². The molecule has 22 heavy (non-hydrogen) atoms. The van der Waals surface area contributed by atoms with Gasteiger partial charge in [0, 0.05) is 5.02 Å². The average Bonchev–Trinajstić information content (AvgIpc) is 2.48. The molecule has 0 aliphatic carbocycles. The van der Waals surface area contributed by atoms with Crippen molar-refractivity contribution in [1.29, 1.82) is 0 Å². The van der Waals surface area contributed by atoms with Crippen molar-refractivity contribution in [2.45, 2.75) is 11.8 Å². The van der Waals surface area contributed by atoms with Gasteiger partial charge >= 0.3 is 0 Å². The average molecular weight is 339 g/mol. The number of carbonyl (C=O) groups excluding carboxylic acids is 1. The van der Waals surface area contributed by atoms with Crippen LogP contribution in [-0.4, -0.2) is 20.9 Å². The fourth-order valence-electron chi connectivity index (χ4n) is 1.96. The third-order valence-electron chi connectivity index (χ3n) is 3.06. The van der Waals surface area contributed by atoms with Gasteiger partial charge in [-0.3, -0.25) is 9.10 Å². The van der Waals surface area contributed by atoms with Crippen molar-refractivity contribution in [1.82, 2.24) is 0 Å². The Kier molecular flexibility index (Phi) is 4.73. The molecule has 0 unspecified atom stereocenters. The number of rotatable bonds is 5. The number of hydrogen-bond donors (Lipinski definition) is 1. The van der Waals surface area contributed by atoms with E-state index in [1.807, 2.05) is 0 Å². The number of nitrogens with zero attached hydrogens (tertiary/aromatic N) is 1. The van der Waals surface area contributed by atoms with Crippen molar-refractivity contribution in [3.05, 3.63) is 59.1 Å². The van der Waals surface area contributed by atoms with Gasteiger partial charge < -0.3 is 5.73 Å². The molecule has 2 rings (SSSR count). The number of benzene rings is 2. The highest BCUT2D eigenvalue weighted by molar-refractivity contribution is 7.92. The van der Waals surface area contributed by atoms with Gasteiger partial charge in [0.15, 0.2) is 0 Å². The zero-order valence-corrected chi connectivity index (χ0v) is 13.4. The van der Waals surface area contributed by atoms with Gasteiger partial charge in [0.25, 0.3) is 10.0 Å². The molecule has 7 heteroatoms. The second kappa shape index (κ2) is 6.37. The van der Waals surface area contributed by atoms with Crippen LogP contribution in [-0.2, 0) is 14.8 Å². The molecule has 116 valence electrons. The summed E-state index contributed by atoms with van der Waals surface area (Å²) in [5.74, 6) is -0.743. The number of sulfonamides is 1. The minimum atomic E-state index is -3.89. The molecule has 0 radical (unpaired) electrons. The zero-order valence-electron chi connectivity index (χ0n) is 11.9. The van der Waals surface area contributed by atoms with E-state index in [0.29, 0.717) is 16.3 Å². The molecular formula is C15H15ClN2O3S. The summed E-state index contributed by atoms with van der Waals surface area (Å²) in [6.07, 6.45) is 0. The maximum atomic E-state index is 12.7. The summed E-state index contributed by atoms with van der Waals surface area (Å²) in [6.45, 7) is 1.31. The molecule has 0 bridgehead atoms. The predicted molar refractivity (Wildman–Crippen MR) is 86.4 cm³/mol. The van der Waals surface area contributed by atoms with Gasteiger partial charge in [0.2, 0.25) is 5.91 Å². The highest BCUT2D eigenvalue weighted by atomic mass is 35.5. The molecule has 0 saturated heterocycles. The van der Waals surface area contributed by atoms with Crippen LogP contribution in [0.15, 0.2) is 53.4 Å². The molecular weight excluding hydrogens is 324 g/mol. The van der Waals surface area contributed by atoms with Crippen LogP contribution in [0.5, 0.6) is 0 Å². The quantitative estimate of drug-likeness (QED) is 0.908. The number of hydrogen-bond acceptors (Lipinski definition) is 3. The van der Waals surface area contributed by atoms with Gasteiger partial charge in [0.05, 0.1) is 10.6 Å². The zero-order chi connectivity index (χ0) is 16.3. The Morgan fingerprint density at radius 2 is 1.82 bits per heavy atom. The summed E-state index contributed by atoms with van der Waals surface area (Å²) >= 11 is 5.96. The van der Waals surface area contributed by atoms with Gasteiger partial charge in [0.1, 0.15) is 6.54 Å². The van der Waals surface area contributed by atoms with E-state index in [4.69, 9.17) is 17.3 Å². The van der Waals surface area contributed by atoms with E-state index >= 15 is 0 Å². The van der Waals surface area contributed by atoms with E-state index < -0.39 is 22.5 Å². The first-order valence-electron chi connectivity index (χ1n) is 6.44. The third-order valence-corrected chi connectivity index (χ3v) is 5.27. The van der Waals surface area contributed by atoms with Crippen LogP contribution in [0.3, 0.4) is 0 Å². The first kappa shape index (κ1) is 16.3. The number of nitrogens with two attached hydrogens (primary N) is 1. The minimum Gasteiger partial charge on any atom is -0.368 e. The van der Waals surface area contributed by atoms with Crippen LogP contribution in [0.2, 0.25) is 5.02 Å². The van der Waals surface area contributed by atoms with Crippen molar-refractivity contribution in [3.63, 3.8) is 0 Å². The van der Waals surface area contributed by atoms with Crippen LogP contribution in [0.25, 0.3) is 0 Å². The second-order valence-electron chi connectivity index (χ2n) is 4.72. The Balaban J connectivity index is 2.55. The fourth-order valence-corrected chi connectivity index (χ4v) is 3.52. The Morgan fingerprint density at radius 3 is 2.36 bits per heavy atom. The smallest absolute Gasteiger partial charge is 0.264 e. The number of aryl methyl sites for hydroxylation is 1. The van der Waals surface area contributed by atoms with E-state index in [0.717, 1.165) is 4.31 Å². The fraction of sp³-hybridized carbons (Fsp3) is 0.133. The summed E-state index contributed by atoms with van der Waals surface area (Å²) in [6, 6.07) is 12.6. The highest BCUT2D eigenvalue weighted by Crippen LogP contribution is 2.27. The largest absolute Gasteiger partial charge is 0.368 e. The molecule has 0 aromatic heterocycles. The van der Waals surface area contributed by atoms with Crippen molar-refractivity contribution >= 4 is 33.2 Å². The molecule has 2 aromatic rings. The van der Waals surface area contributed by atoms with E-state index in [1.165, 1.54) is 12.1 Å². The normalized spacial score (nSPS) is 11.2. The molecule has 2 aromatic carbocycles. The predicted octanol–water partition coefficient (Wildman–Crippen LogP) is 2.33. The summed E-state index contributed by atoms with van der Waals surface area (Å²) in [5.41, 5.74) is 6.25. The Hall–Kier alpha value is -2.05. The lowest BCUT2D eigenvalue weighted by atomic mass is 10.2. The summed E-state index contributed by atoms with van der Waals surface area (Å²) in [5, 5.41) is 0.514. The maximum absolute atomic E-state index is 12.7. The van der Waals surface area contributed by atoms with E-state index in [1.54, 1.807) is 43.3 Å². The van der Waals surface area contributed by atoms with Crippen LogP contribution in [0.1, 0.15) is 5.56 Å². The van der Waals surface area contributed by atoms with Crippen LogP contribution >= 0.6 is 11.6 Å². The van der Waals surface area contributed by atoms with Crippen LogP contribution in [0, 0.1) is 6.92 Å². The van der Waals surface area contributed by atoms with Gasteiger partial charge in [-0.25, -0.2) is 8.42 Å². The SMILES string of the molecule is Cc1cc(N(CC(N)=O)S(=O)(=O)c2ccccc2)ccc1Cl. The standard InChI is InChI=1S/C15H15ClN2O3S/c1-11-9-12(7-8-14(11)16)18(10-15(17)19)22(20,21)13-5-3-2-4-6-13/h2-9H,10H2,1H3,(H2,17,19). The van der Waals surface area contributed by atoms with E-state index in [2.05, 4.69) is 0 Å². The number of amides is 1. The third kappa shape index (κ3) is 3.40. The maximum Gasteiger partial charge on any atom is 0.264 e. The van der Waals surface area contributed by atoms with Crippen molar-refractivity contribution < 1.29 is 13.2 Å². The number of carbonyl (C=O) groups is 1. The molecule has 5 nitrogen and oxygen atoms in total. The highest BCUT2D eigenvalue weighted by Gasteiger charge is 2.26. The van der Waals surface area contributed by atoms with Gasteiger partial charge in [-0.05, 0) is 42.8 Å². The Labute approximate surface area is 134 Å². The Morgan fingerprint density at radius 1 is 1.18 bits per heavy atom. The molecule has 0 aliphatic rings. The summed E-state index contributed by atoms with van der Waals surface area (Å²) in [7, 11) is -3.89. The molecule has 0 fully saturated rings. The topological polar surface area (TPSA) is 80.5 Å². The number of anilines is 1. The second-order valence-corrected chi connectivity index (χ2v) is 6.99. The number of halogens is 1. The molecule has 2 N–H and O–H groups in total. The molecule has 0 heterocycles. The molecule has 0 aliphatic heterocycles. The van der Waals surface area contributed by atoms with Crippen molar-refractivity contribution in [2.24, 2.45) is 5.73 Å². The van der Waals surface area contributed by atoms with Crippen LogP contribution < -0.4 is 10.0 Å². The number of primary amides is 1. The van der Waals surface area contributed by atoms with Crippen LogP contribution in [0.4, 0.5) is 5.69 Å². The molecule has 0 atom stereocenters. The molecule has 0 spiro atoms. The Bertz CT molecular complexity index is 792. The lowest BCUT2D eigenvalue weighted by molar-refractivity contribution is -0.116. The lowest BCUT2D eigenvalue weighted by Crippen LogP contribution is -2.38. The van der Waals surface area contributed by atoms with E-state index in [9.17, 15) is 13.2 Å². The summed E-state index contributed by atoms with van der Waals surface area (Å²) in [4.78, 5) is 11.4. The van der Waals surface area contributed by atoms with Crippen molar-refractivity contribution in [3.8, 4) is 0 Å². The van der Waals surface area contributed by atoms with E-state index in [-0.39, 0.29) is 4.90 Å². The van der Waals surface area contributed by atoms with Gasteiger partial charge in [-0.2, -0.15) is 0 Å². The van der Waals surface area contributed by atoms with Crippen molar-refractivity contribution in [2.75, 3.05) is 10.8 Å². The molecule has 0 saturated carbocycles. The lowest BCUT2D eigenvalue weighted by Gasteiger charge is -2.23. The first-order valence-corrected chi connectivity index (χ1v) is 8.26. The first-order chi connectivity index (χ1) is 10.3.